The first-order chi connectivity index (χ1) is 22.0. The number of ketones is 1. The number of carbonyl (C=O) groups is 2. The van der Waals surface area contributed by atoms with Gasteiger partial charge in [0.1, 0.15) is 22.8 Å². The number of methoxy groups -OCH3 is 1. The Morgan fingerprint density at radius 2 is 1.77 bits per heavy atom. The molecule has 1 aliphatic rings. The highest BCUT2D eigenvalue weighted by Crippen LogP contribution is 2.53. The predicted molar refractivity (Wildman–Crippen MR) is 181 cm³/mol. The van der Waals surface area contributed by atoms with Gasteiger partial charge in [-0.05, 0) is 53.6 Å². The van der Waals surface area contributed by atoms with Crippen LogP contribution in [0.25, 0.3) is 0 Å². The quantitative estimate of drug-likeness (QED) is 0.233. The van der Waals surface area contributed by atoms with Gasteiger partial charge in [0.15, 0.2) is 5.78 Å². The number of carboxylic acids is 1. The van der Waals surface area contributed by atoms with Crippen LogP contribution in [0.15, 0.2) is 54.6 Å². The summed E-state index contributed by atoms with van der Waals surface area (Å²) in [6.45, 7) is 12.5. The second-order valence-electron chi connectivity index (χ2n) is 13.5. The molecule has 3 aromatic carbocycles. The van der Waals surface area contributed by atoms with E-state index in [-0.39, 0.29) is 44.3 Å². The van der Waals surface area contributed by atoms with Gasteiger partial charge in [-0.15, -0.1) is 0 Å². The Balaban J connectivity index is 0.00000111. The Morgan fingerprint density at radius 3 is 2.30 bits per heavy atom. The van der Waals surface area contributed by atoms with Gasteiger partial charge in [-0.2, -0.15) is 5.26 Å². The molecule has 1 fully saturated rings. The predicted octanol–water partition coefficient (Wildman–Crippen LogP) is 9.16. The molecule has 1 saturated heterocycles. The topological polar surface area (TPSA) is 99.4 Å². The molecule has 4 rings (SSSR count). The van der Waals surface area contributed by atoms with Gasteiger partial charge < -0.3 is 15.2 Å². The Hall–Kier alpha value is -3.51. The van der Waals surface area contributed by atoms with Crippen molar-refractivity contribution in [3.63, 3.8) is 0 Å². The van der Waals surface area contributed by atoms with Crippen LogP contribution < -0.4 is 10.1 Å². The van der Waals surface area contributed by atoms with E-state index in [4.69, 9.17) is 27.9 Å². The van der Waals surface area contributed by atoms with Crippen LogP contribution >= 0.6 is 23.2 Å². The molecule has 0 aliphatic carbocycles. The number of carbonyl (C=O) groups excluding carboxylic acids is 1. The molecule has 0 spiro atoms. The molecule has 0 amide bonds. The van der Waals surface area contributed by atoms with Crippen molar-refractivity contribution in [1.29, 1.82) is 5.26 Å². The van der Waals surface area contributed by atoms with Crippen molar-refractivity contribution in [3.8, 4) is 11.8 Å². The van der Waals surface area contributed by atoms with E-state index >= 15 is 8.78 Å². The molecule has 1 aliphatic heterocycles. The fourth-order valence-corrected chi connectivity index (χ4v) is 6.27. The van der Waals surface area contributed by atoms with Crippen LogP contribution in [0.4, 0.5) is 8.78 Å². The smallest absolute Gasteiger partial charge is 0.335 e. The van der Waals surface area contributed by atoms with Crippen LogP contribution in [0.3, 0.4) is 0 Å². The number of ether oxygens (including phenoxy) is 1. The molecule has 0 radical (unpaired) electrons. The lowest BCUT2D eigenvalue weighted by molar-refractivity contribution is -0.120. The maximum absolute atomic E-state index is 15.8. The van der Waals surface area contributed by atoms with Gasteiger partial charge in [0.05, 0.1) is 29.8 Å². The molecule has 47 heavy (non-hydrogen) atoms. The molecule has 252 valence electrons. The summed E-state index contributed by atoms with van der Waals surface area (Å²) < 4.78 is 36.9. The molecule has 0 unspecified atom stereocenters. The molecular weight excluding hydrogens is 645 g/mol. The average Bonchev–Trinajstić information content (AvgIpc) is 3.31. The van der Waals surface area contributed by atoms with E-state index in [1.54, 1.807) is 0 Å². The van der Waals surface area contributed by atoms with Gasteiger partial charge >= 0.3 is 5.97 Å². The van der Waals surface area contributed by atoms with Gasteiger partial charge in [0.2, 0.25) is 0 Å². The summed E-state index contributed by atoms with van der Waals surface area (Å²) in [5.74, 6) is -3.27. The van der Waals surface area contributed by atoms with Crippen LogP contribution in [0.1, 0.15) is 87.4 Å². The Bertz CT molecular complexity index is 1650. The number of hydrogen-bond donors (Lipinski definition) is 2. The number of aromatic carboxylic acids is 1. The number of halogens is 4. The van der Waals surface area contributed by atoms with Crippen molar-refractivity contribution in [1.82, 2.24) is 5.32 Å². The highest BCUT2D eigenvalue weighted by Gasteiger charge is 2.60. The lowest BCUT2D eigenvalue weighted by atomic mass is 9.62. The van der Waals surface area contributed by atoms with Gasteiger partial charge in [-0.3, -0.25) is 4.79 Å². The largest absolute Gasteiger partial charge is 0.496 e. The number of nitriles is 1. The van der Waals surface area contributed by atoms with Gasteiger partial charge in [0, 0.05) is 34.5 Å². The van der Waals surface area contributed by atoms with Crippen LogP contribution in [-0.4, -0.2) is 36.1 Å². The van der Waals surface area contributed by atoms with E-state index in [1.165, 1.54) is 62.1 Å². The third-order valence-corrected chi connectivity index (χ3v) is 9.04. The SMILES string of the molecule is CCC(C)C.COc1cc(C(=O)O)ccc1CC(=O)[C@@H]1N[C@@H](CC(C)(C)C)[C@](C#N)(c2ccc(Cl)cc2F)[C@H]1c1cccc(Cl)c1F. The zero-order valence-corrected chi connectivity index (χ0v) is 29.3. The Morgan fingerprint density at radius 1 is 1.11 bits per heavy atom. The fourth-order valence-electron chi connectivity index (χ4n) is 5.93. The summed E-state index contributed by atoms with van der Waals surface area (Å²) in [5, 5.41) is 23.5. The van der Waals surface area contributed by atoms with Crippen molar-refractivity contribution in [3.05, 3.63) is 98.5 Å². The van der Waals surface area contributed by atoms with Crippen LogP contribution in [0, 0.1) is 34.3 Å². The van der Waals surface area contributed by atoms with Gasteiger partial charge in [0.25, 0.3) is 0 Å². The molecule has 2 N–H and O–H groups in total. The number of rotatable bonds is 9. The first-order valence-electron chi connectivity index (χ1n) is 15.5. The molecule has 0 aromatic heterocycles. The summed E-state index contributed by atoms with van der Waals surface area (Å²) in [4.78, 5) is 25.6. The van der Waals surface area contributed by atoms with E-state index in [0.717, 1.165) is 12.0 Å². The second-order valence-corrected chi connectivity index (χ2v) is 14.3. The van der Waals surface area contributed by atoms with Crippen molar-refractivity contribution in [2.75, 3.05) is 7.11 Å². The number of carboxylic acid groups (broad SMARTS) is 1. The van der Waals surface area contributed by atoms with Crippen molar-refractivity contribution in [2.24, 2.45) is 11.3 Å². The number of Topliss-reactive ketones (excluding diaryl/α,β-unsaturated/α-hetero) is 1. The molecule has 3 aromatic rings. The molecule has 6 nitrogen and oxygen atoms in total. The fraction of sp³-hybridized carbons (Fsp3) is 0.432. The lowest BCUT2D eigenvalue weighted by Gasteiger charge is -2.37. The van der Waals surface area contributed by atoms with E-state index in [2.05, 4.69) is 32.2 Å². The zero-order chi connectivity index (χ0) is 35.3. The highest BCUT2D eigenvalue weighted by molar-refractivity contribution is 6.31. The van der Waals surface area contributed by atoms with E-state index in [9.17, 15) is 20.0 Å². The van der Waals surface area contributed by atoms with Crippen molar-refractivity contribution >= 4 is 35.0 Å². The minimum Gasteiger partial charge on any atom is -0.496 e. The maximum Gasteiger partial charge on any atom is 0.335 e. The molecule has 0 saturated carbocycles. The number of nitrogens with zero attached hydrogens (tertiary/aromatic N) is 1. The lowest BCUT2D eigenvalue weighted by Crippen LogP contribution is -2.44. The number of hydrogen-bond acceptors (Lipinski definition) is 5. The Kier molecular flexibility index (Phi) is 12.6. The summed E-state index contributed by atoms with van der Waals surface area (Å²) >= 11 is 12.3. The zero-order valence-electron chi connectivity index (χ0n) is 27.8. The average molecular weight is 688 g/mol. The summed E-state index contributed by atoms with van der Waals surface area (Å²) in [5.41, 5.74) is -1.76. The minimum atomic E-state index is -1.74. The standard InChI is InChI=1S/C32H30Cl2F2N2O4.C5H12/c1-31(2,3)15-26-32(16-37,21-11-10-19(33)14-23(21)35)27(20-6-5-7-22(34)28(20)36)29(38-26)24(39)12-17-8-9-18(30(40)41)13-25(17)42-4;1-4-5(2)3/h5-11,13-14,26-27,29,38H,12,15H2,1-4H3,(H,40,41);5H,4H2,1-3H3/t26-,27-,29-,32-;/m0./s1. The van der Waals surface area contributed by atoms with E-state index in [1.807, 2.05) is 20.8 Å². The first kappa shape index (κ1) is 37.9. The second kappa shape index (κ2) is 15.6. The number of benzene rings is 3. The van der Waals surface area contributed by atoms with Gasteiger partial charge in [-0.1, -0.05) is 95.4 Å². The normalized spacial score (nSPS) is 20.7. The van der Waals surface area contributed by atoms with Gasteiger partial charge in [-0.25, -0.2) is 13.6 Å². The third kappa shape index (κ3) is 8.51. The maximum atomic E-state index is 15.8. The van der Waals surface area contributed by atoms with E-state index < -0.39 is 46.8 Å². The highest BCUT2D eigenvalue weighted by atomic mass is 35.5. The summed E-state index contributed by atoms with van der Waals surface area (Å²) in [7, 11) is 1.36. The molecule has 1 heterocycles. The van der Waals surface area contributed by atoms with Crippen molar-refractivity contribution in [2.45, 2.75) is 84.2 Å². The van der Waals surface area contributed by atoms with Crippen LogP contribution in [-0.2, 0) is 16.6 Å². The van der Waals surface area contributed by atoms with Crippen molar-refractivity contribution < 1.29 is 28.2 Å². The monoisotopic (exact) mass is 686 g/mol. The minimum absolute atomic E-state index is 0.00570. The molecular formula is C37H42Cl2F2N2O4. The Labute approximate surface area is 286 Å². The summed E-state index contributed by atoms with van der Waals surface area (Å²) in [6.07, 6.45) is 1.41. The third-order valence-electron chi connectivity index (χ3n) is 8.51. The molecule has 4 atom stereocenters. The molecule has 0 bridgehead atoms. The van der Waals surface area contributed by atoms with E-state index in [0.29, 0.717) is 12.0 Å². The summed E-state index contributed by atoms with van der Waals surface area (Å²) in [6, 6.07) is 12.8. The van der Waals surface area contributed by atoms with Crippen LogP contribution in [0.2, 0.25) is 10.0 Å². The molecule has 10 heteroatoms. The number of nitrogens with one attached hydrogen (secondary N) is 1. The first-order valence-corrected chi connectivity index (χ1v) is 16.3. The van der Waals surface area contributed by atoms with Crippen LogP contribution in [0.5, 0.6) is 5.75 Å².